The molecule has 1 aliphatic rings. The quantitative estimate of drug-likeness (QED) is 0.600. The number of amides is 1. The van der Waals surface area contributed by atoms with Gasteiger partial charge in [0.1, 0.15) is 5.75 Å². The van der Waals surface area contributed by atoms with E-state index in [2.05, 4.69) is 17.3 Å². The van der Waals surface area contributed by atoms with E-state index in [4.69, 9.17) is 4.74 Å². The van der Waals surface area contributed by atoms with Crippen molar-refractivity contribution in [2.24, 2.45) is 0 Å². The number of carbonyl (C=O) groups is 2. The topological polar surface area (TPSA) is 58.6 Å². The Morgan fingerprint density at radius 3 is 2.64 bits per heavy atom. The number of ether oxygens (including phenoxy) is 1. The van der Waals surface area contributed by atoms with Gasteiger partial charge in [0.05, 0.1) is 0 Å². The van der Waals surface area contributed by atoms with Gasteiger partial charge in [-0.05, 0) is 75.2 Å². The number of hydrogen-bond donors (Lipinski definition) is 1. The summed E-state index contributed by atoms with van der Waals surface area (Å²) >= 11 is 0. The van der Waals surface area contributed by atoms with E-state index in [1.54, 1.807) is 18.2 Å². The third-order valence-corrected chi connectivity index (χ3v) is 5.29. The predicted molar refractivity (Wildman–Crippen MR) is 111 cm³/mol. The molecule has 5 heteroatoms. The number of aryl methyl sites for hydroxylation is 1. The van der Waals surface area contributed by atoms with Crippen molar-refractivity contribution >= 4 is 17.6 Å². The van der Waals surface area contributed by atoms with Crippen LogP contribution in [0.3, 0.4) is 0 Å². The first-order valence-electron chi connectivity index (χ1n) is 9.91. The molecular formula is C23H28N2O3. The molecule has 1 saturated heterocycles. The largest absolute Gasteiger partial charge is 0.427 e. The van der Waals surface area contributed by atoms with Crippen molar-refractivity contribution < 1.29 is 14.3 Å². The highest BCUT2D eigenvalue weighted by atomic mass is 16.5. The summed E-state index contributed by atoms with van der Waals surface area (Å²) in [4.78, 5) is 26.3. The molecule has 28 heavy (non-hydrogen) atoms. The lowest BCUT2D eigenvalue weighted by molar-refractivity contribution is -0.131. The van der Waals surface area contributed by atoms with Crippen molar-refractivity contribution in [3.63, 3.8) is 0 Å². The molecule has 1 unspecified atom stereocenters. The number of nitrogens with zero attached hydrogens (tertiary/aromatic N) is 1. The summed E-state index contributed by atoms with van der Waals surface area (Å²) in [5.74, 6) is 0.0214. The van der Waals surface area contributed by atoms with Crippen LogP contribution in [0.25, 0.3) is 0 Å². The van der Waals surface area contributed by atoms with Crippen LogP contribution in [0.2, 0.25) is 0 Å². The van der Waals surface area contributed by atoms with Gasteiger partial charge in [-0.1, -0.05) is 24.6 Å². The minimum absolute atomic E-state index is 0.142. The lowest BCUT2D eigenvalue weighted by atomic mass is 9.95. The van der Waals surface area contributed by atoms with Crippen LogP contribution in [0.15, 0.2) is 48.5 Å². The van der Waals surface area contributed by atoms with Crippen molar-refractivity contribution in [2.45, 2.75) is 45.1 Å². The summed E-state index contributed by atoms with van der Waals surface area (Å²) in [5.41, 5.74) is 2.37. The summed E-state index contributed by atoms with van der Waals surface area (Å²) in [7, 11) is 2.18. The fourth-order valence-electron chi connectivity index (χ4n) is 3.74. The SMILES string of the molecule is CC(=O)Oc1ccc(NC(=O)c2ccccc2)c(CCC2CCCCN2C)c1. The van der Waals surface area contributed by atoms with Gasteiger partial charge >= 0.3 is 5.97 Å². The lowest BCUT2D eigenvalue weighted by Crippen LogP contribution is -2.36. The molecule has 1 heterocycles. The monoisotopic (exact) mass is 380 g/mol. The van der Waals surface area contributed by atoms with E-state index in [1.165, 1.54) is 26.2 Å². The highest BCUT2D eigenvalue weighted by Gasteiger charge is 2.19. The fourth-order valence-corrected chi connectivity index (χ4v) is 3.74. The van der Waals surface area contributed by atoms with Crippen LogP contribution in [0.4, 0.5) is 5.69 Å². The molecule has 0 radical (unpaired) electrons. The Morgan fingerprint density at radius 2 is 1.93 bits per heavy atom. The standard InChI is InChI=1S/C23H28N2O3/c1-17(26)28-21-13-14-22(24-23(27)18-8-4-3-5-9-18)19(16-21)11-12-20-10-6-7-15-25(20)2/h3-5,8-9,13-14,16,20H,6-7,10-12,15H2,1-2H3,(H,24,27). The second-order valence-corrected chi connectivity index (χ2v) is 7.40. The zero-order chi connectivity index (χ0) is 19.9. The van der Waals surface area contributed by atoms with E-state index in [0.717, 1.165) is 30.6 Å². The number of likely N-dealkylation sites (tertiary alicyclic amines) is 1. The summed E-state index contributed by atoms with van der Waals surface area (Å²) < 4.78 is 5.25. The van der Waals surface area contributed by atoms with Gasteiger partial charge < -0.3 is 15.0 Å². The first-order valence-corrected chi connectivity index (χ1v) is 9.91. The molecule has 0 bridgehead atoms. The third kappa shape index (κ3) is 5.42. The minimum Gasteiger partial charge on any atom is -0.427 e. The molecule has 1 fully saturated rings. The van der Waals surface area contributed by atoms with E-state index in [1.807, 2.05) is 30.3 Å². The molecule has 2 aromatic carbocycles. The van der Waals surface area contributed by atoms with Gasteiger partial charge in [0.15, 0.2) is 0 Å². The van der Waals surface area contributed by atoms with Crippen molar-refractivity contribution in [3.8, 4) is 5.75 Å². The minimum atomic E-state index is -0.348. The van der Waals surface area contributed by atoms with Gasteiger partial charge in [-0.3, -0.25) is 9.59 Å². The molecule has 1 N–H and O–H groups in total. The first-order chi connectivity index (χ1) is 13.5. The Labute approximate surface area is 166 Å². The van der Waals surface area contributed by atoms with E-state index in [-0.39, 0.29) is 11.9 Å². The Morgan fingerprint density at radius 1 is 1.14 bits per heavy atom. The smallest absolute Gasteiger partial charge is 0.308 e. The molecule has 148 valence electrons. The average Bonchev–Trinajstić information content (AvgIpc) is 2.69. The average molecular weight is 380 g/mol. The van der Waals surface area contributed by atoms with Crippen LogP contribution in [-0.4, -0.2) is 36.4 Å². The summed E-state index contributed by atoms with van der Waals surface area (Å²) in [6.07, 6.45) is 5.54. The van der Waals surface area contributed by atoms with Gasteiger partial charge in [-0.2, -0.15) is 0 Å². The van der Waals surface area contributed by atoms with Crippen LogP contribution in [0, 0.1) is 0 Å². The number of benzene rings is 2. The molecule has 0 aliphatic carbocycles. The molecule has 0 aromatic heterocycles. The molecule has 0 saturated carbocycles. The number of anilines is 1. The Kier molecular flexibility index (Phi) is 6.82. The Bertz CT molecular complexity index is 820. The lowest BCUT2D eigenvalue weighted by Gasteiger charge is -2.32. The Hall–Kier alpha value is -2.66. The second-order valence-electron chi connectivity index (χ2n) is 7.40. The molecular weight excluding hydrogens is 352 g/mol. The number of hydrogen-bond acceptors (Lipinski definition) is 4. The van der Waals surface area contributed by atoms with Gasteiger partial charge in [0.2, 0.25) is 0 Å². The van der Waals surface area contributed by atoms with Gasteiger partial charge in [-0.25, -0.2) is 0 Å². The highest BCUT2D eigenvalue weighted by Crippen LogP contribution is 2.27. The third-order valence-electron chi connectivity index (χ3n) is 5.29. The number of rotatable bonds is 6. The van der Waals surface area contributed by atoms with Crippen LogP contribution < -0.4 is 10.1 Å². The molecule has 2 aromatic rings. The van der Waals surface area contributed by atoms with Crippen LogP contribution >= 0.6 is 0 Å². The number of carbonyl (C=O) groups excluding carboxylic acids is 2. The van der Waals surface area contributed by atoms with Gasteiger partial charge in [0.25, 0.3) is 5.91 Å². The van der Waals surface area contributed by atoms with Crippen molar-refractivity contribution in [2.75, 3.05) is 18.9 Å². The number of esters is 1. The molecule has 3 rings (SSSR count). The molecule has 0 spiro atoms. The zero-order valence-electron chi connectivity index (χ0n) is 16.6. The Balaban J connectivity index is 1.77. The van der Waals surface area contributed by atoms with Crippen molar-refractivity contribution in [1.29, 1.82) is 0 Å². The molecule has 1 atom stereocenters. The van der Waals surface area contributed by atoms with E-state index >= 15 is 0 Å². The second kappa shape index (κ2) is 9.51. The number of piperidine rings is 1. The van der Waals surface area contributed by atoms with Crippen molar-refractivity contribution in [1.82, 2.24) is 4.90 Å². The van der Waals surface area contributed by atoms with Crippen LogP contribution in [-0.2, 0) is 11.2 Å². The first kappa shape index (κ1) is 20.1. The maximum Gasteiger partial charge on any atom is 0.308 e. The molecule has 1 amide bonds. The zero-order valence-corrected chi connectivity index (χ0v) is 16.6. The highest BCUT2D eigenvalue weighted by molar-refractivity contribution is 6.04. The summed E-state index contributed by atoms with van der Waals surface area (Å²) in [6.45, 7) is 2.53. The maximum absolute atomic E-state index is 12.6. The predicted octanol–water partition coefficient (Wildman–Crippen LogP) is 4.28. The van der Waals surface area contributed by atoms with Gasteiger partial charge in [-0.15, -0.1) is 0 Å². The number of nitrogens with one attached hydrogen (secondary N) is 1. The summed E-state index contributed by atoms with van der Waals surface area (Å²) in [6, 6.07) is 15.1. The van der Waals surface area contributed by atoms with E-state index < -0.39 is 0 Å². The van der Waals surface area contributed by atoms with Crippen LogP contribution in [0.1, 0.15) is 48.5 Å². The maximum atomic E-state index is 12.6. The normalized spacial score (nSPS) is 17.1. The van der Waals surface area contributed by atoms with Crippen molar-refractivity contribution in [3.05, 3.63) is 59.7 Å². The van der Waals surface area contributed by atoms with Crippen LogP contribution in [0.5, 0.6) is 5.75 Å². The van der Waals surface area contributed by atoms with Gasteiger partial charge in [0, 0.05) is 24.2 Å². The van der Waals surface area contributed by atoms with E-state index in [9.17, 15) is 9.59 Å². The fraction of sp³-hybridized carbons (Fsp3) is 0.391. The molecule has 5 nitrogen and oxygen atoms in total. The van der Waals surface area contributed by atoms with E-state index in [0.29, 0.717) is 17.4 Å². The molecule has 1 aliphatic heterocycles. The summed E-state index contributed by atoms with van der Waals surface area (Å²) in [5, 5.41) is 3.01.